The van der Waals surface area contributed by atoms with Crippen molar-refractivity contribution in [3.8, 4) is 5.75 Å². The summed E-state index contributed by atoms with van der Waals surface area (Å²) in [5.74, 6) is 1.39. The van der Waals surface area contributed by atoms with Gasteiger partial charge in [0.1, 0.15) is 11.5 Å². The summed E-state index contributed by atoms with van der Waals surface area (Å²) in [5.41, 5.74) is 2.26. The summed E-state index contributed by atoms with van der Waals surface area (Å²) in [7, 11) is 0. The van der Waals surface area contributed by atoms with Crippen LogP contribution in [0.25, 0.3) is 0 Å². The number of phenols is 1. The Morgan fingerprint density at radius 1 is 1.12 bits per heavy atom. The number of Topliss-reactive ketones (excluding diaryl/α,β-unsaturated/α-hetero) is 1. The van der Waals surface area contributed by atoms with Crippen LogP contribution in [0.3, 0.4) is 0 Å². The summed E-state index contributed by atoms with van der Waals surface area (Å²) in [6.45, 7) is 8.93. The molecule has 0 amide bonds. The molecular weight excluding hydrogens is 308 g/mol. The third kappa shape index (κ3) is 5.33. The molecule has 2 atom stereocenters. The molecule has 0 aliphatic heterocycles. The molecule has 1 aliphatic carbocycles. The summed E-state index contributed by atoms with van der Waals surface area (Å²) in [5, 5.41) is 10.7. The molecule has 2 heteroatoms. The zero-order valence-corrected chi connectivity index (χ0v) is 16.6. The highest BCUT2D eigenvalue weighted by molar-refractivity contribution is 5.80. The second-order valence-electron chi connectivity index (χ2n) is 8.62. The lowest BCUT2D eigenvalue weighted by Gasteiger charge is -2.30. The van der Waals surface area contributed by atoms with E-state index in [4.69, 9.17) is 0 Å². The van der Waals surface area contributed by atoms with Crippen molar-refractivity contribution in [1.82, 2.24) is 0 Å². The number of carbonyl (C=O) groups excluding carboxylic acids is 1. The van der Waals surface area contributed by atoms with Gasteiger partial charge < -0.3 is 5.11 Å². The molecule has 1 aromatic carbocycles. The molecule has 1 N–H and O–H groups in total. The third-order valence-electron chi connectivity index (χ3n) is 6.09. The minimum Gasteiger partial charge on any atom is -0.508 e. The van der Waals surface area contributed by atoms with Gasteiger partial charge in [0.05, 0.1) is 0 Å². The molecule has 140 valence electrons. The highest BCUT2D eigenvalue weighted by Gasteiger charge is 2.29. The van der Waals surface area contributed by atoms with Crippen molar-refractivity contribution in [2.24, 2.45) is 5.92 Å². The van der Waals surface area contributed by atoms with Gasteiger partial charge in [0, 0.05) is 12.8 Å². The quantitative estimate of drug-likeness (QED) is 0.546. The van der Waals surface area contributed by atoms with Crippen LogP contribution in [0.4, 0.5) is 0 Å². The maximum Gasteiger partial charge on any atom is 0.133 e. The van der Waals surface area contributed by atoms with Gasteiger partial charge in [-0.25, -0.2) is 0 Å². The SMILES string of the molecule is CCCCCCC(C)(C)c1ccc(C2CC(=O)CC(CC)C2)c(O)c1. The first-order valence-electron chi connectivity index (χ1n) is 10.2. The van der Waals surface area contributed by atoms with E-state index >= 15 is 0 Å². The number of unbranched alkanes of at least 4 members (excludes halogenated alkanes) is 3. The third-order valence-corrected chi connectivity index (χ3v) is 6.09. The lowest BCUT2D eigenvalue weighted by atomic mass is 9.74. The van der Waals surface area contributed by atoms with Crippen LogP contribution in [-0.2, 0) is 10.2 Å². The van der Waals surface area contributed by atoms with Crippen molar-refractivity contribution in [3.05, 3.63) is 29.3 Å². The standard InChI is InChI=1S/C23H36O2/c1-5-7-8-9-12-23(3,4)19-10-11-21(22(25)16-19)18-13-17(6-2)14-20(24)15-18/h10-11,16-18,25H,5-9,12-15H2,1-4H3. The Morgan fingerprint density at radius 3 is 2.52 bits per heavy atom. The fourth-order valence-electron chi connectivity index (χ4n) is 4.25. The Labute approximate surface area is 154 Å². The van der Waals surface area contributed by atoms with Crippen LogP contribution < -0.4 is 0 Å². The van der Waals surface area contributed by atoms with Gasteiger partial charge in [-0.1, -0.05) is 71.9 Å². The van der Waals surface area contributed by atoms with Gasteiger partial charge in [-0.3, -0.25) is 4.79 Å². The largest absolute Gasteiger partial charge is 0.508 e. The van der Waals surface area contributed by atoms with Gasteiger partial charge in [-0.05, 0) is 47.3 Å². The molecule has 0 bridgehead atoms. The van der Waals surface area contributed by atoms with Gasteiger partial charge in [0.25, 0.3) is 0 Å². The van der Waals surface area contributed by atoms with Crippen molar-refractivity contribution >= 4 is 5.78 Å². The molecule has 2 rings (SSSR count). The highest BCUT2D eigenvalue weighted by Crippen LogP contribution is 2.41. The number of carbonyl (C=O) groups is 1. The molecule has 0 aromatic heterocycles. The topological polar surface area (TPSA) is 37.3 Å². The fourth-order valence-corrected chi connectivity index (χ4v) is 4.25. The van der Waals surface area contributed by atoms with Crippen LogP contribution in [0, 0.1) is 5.92 Å². The smallest absolute Gasteiger partial charge is 0.133 e. The second kappa shape index (κ2) is 8.87. The predicted molar refractivity (Wildman–Crippen MR) is 105 cm³/mol. The highest BCUT2D eigenvalue weighted by atomic mass is 16.3. The maximum atomic E-state index is 12.0. The van der Waals surface area contributed by atoms with E-state index in [9.17, 15) is 9.90 Å². The molecule has 0 saturated heterocycles. The summed E-state index contributed by atoms with van der Waals surface area (Å²) >= 11 is 0. The molecule has 1 aliphatic rings. The molecule has 0 heterocycles. The Hall–Kier alpha value is -1.31. The first kappa shape index (κ1) is 20.0. The number of hydrogen-bond donors (Lipinski definition) is 1. The molecule has 1 fully saturated rings. The Morgan fingerprint density at radius 2 is 1.88 bits per heavy atom. The minimum atomic E-state index is 0.0814. The number of hydrogen-bond acceptors (Lipinski definition) is 2. The number of aromatic hydroxyl groups is 1. The summed E-state index contributed by atoms with van der Waals surface area (Å²) in [4.78, 5) is 12.0. The average molecular weight is 345 g/mol. The van der Waals surface area contributed by atoms with Gasteiger partial charge >= 0.3 is 0 Å². The predicted octanol–water partition coefficient (Wildman–Crippen LogP) is 6.50. The van der Waals surface area contributed by atoms with Crippen LogP contribution in [-0.4, -0.2) is 10.9 Å². The molecule has 25 heavy (non-hydrogen) atoms. The maximum absolute atomic E-state index is 12.0. The van der Waals surface area contributed by atoms with Crippen molar-refractivity contribution in [1.29, 1.82) is 0 Å². The van der Waals surface area contributed by atoms with Gasteiger partial charge in [-0.2, -0.15) is 0 Å². The lowest BCUT2D eigenvalue weighted by molar-refractivity contribution is -0.122. The van der Waals surface area contributed by atoms with Crippen LogP contribution in [0.2, 0.25) is 0 Å². The van der Waals surface area contributed by atoms with Crippen molar-refractivity contribution < 1.29 is 9.90 Å². The molecule has 2 nitrogen and oxygen atoms in total. The Balaban J connectivity index is 2.10. The molecule has 1 saturated carbocycles. The monoisotopic (exact) mass is 344 g/mol. The van der Waals surface area contributed by atoms with E-state index in [1.165, 1.54) is 31.2 Å². The molecule has 0 radical (unpaired) electrons. The first-order valence-corrected chi connectivity index (χ1v) is 10.2. The summed E-state index contributed by atoms with van der Waals surface area (Å²) < 4.78 is 0. The van der Waals surface area contributed by atoms with E-state index in [1.807, 2.05) is 6.07 Å². The van der Waals surface area contributed by atoms with E-state index in [0.29, 0.717) is 23.9 Å². The van der Waals surface area contributed by atoms with Crippen molar-refractivity contribution in [2.45, 2.75) is 96.8 Å². The van der Waals surface area contributed by atoms with Gasteiger partial charge in [0.2, 0.25) is 0 Å². The normalized spacial score (nSPS) is 21.5. The molecular formula is C23H36O2. The molecule has 0 spiro atoms. The van der Waals surface area contributed by atoms with Gasteiger partial charge in [0.15, 0.2) is 0 Å². The van der Waals surface area contributed by atoms with Crippen molar-refractivity contribution in [3.63, 3.8) is 0 Å². The zero-order chi connectivity index (χ0) is 18.4. The first-order chi connectivity index (χ1) is 11.9. The van der Waals surface area contributed by atoms with E-state index in [2.05, 4.69) is 39.8 Å². The lowest BCUT2D eigenvalue weighted by Crippen LogP contribution is -2.22. The number of phenolic OH excluding ortho intramolecular Hbond substituents is 1. The fraction of sp³-hybridized carbons (Fsp3) is 0.696. The summed E-state index contributed by atoms with van der Waals surface area (Å²) in [6.07, 6.45) is 9.60. The number of rotatable bonds is 8. The van der Waals surface area contributed by atoms with Crippen LogP contribution in [0.5, 0.6) is 5.75 Å². The summed E-state index contributed by atoms with van der Waals surface area (Å²) in [6, 6.07) is 6.21. The number of ketones is 1. The zero-order valence-electron chi connectivity index (χ0n) is 16.6. The van der Waals surface area contributed by atoms with E-state index in [0.717, 1.165) is 31.2 Å². The Kier molecular flexibility index (Phi) is 7.10. The van der Waals surface area contributed by atoms with Crippen LogP contribution in [0.1, 0.15) is 103 Å². The minimum absolute atomic E-state index is 0.0814. The molecule has 1 aromatic rings. The van der Waals surface area contributed by atoms with Gasteiger partial charge in [-0.15, -0.1) is 0 Å². The van der Waals surface area contributed by atoms with E-state index in [1.54, 1.807) is 0 Å². The van der Waals surface area contributed by atoms with E-state index < -0.39 is 0 Å². The van der Waals surface area contributed by atoms with Crippen LogP contribution in [0.15, 0.2) is 18.2 Å². The molecule has 2 unspecified atom stereocenters. The van der Waals surface area contributed by atoms with Crippen LogP contribution >= 0.6 is 0 Å². The van der Waals surface area contributed by atoms with E-state index in [-0.39, 0.29) is 11.3 Å². The second-order valence-corrected chi connectivity index (χ2v) is 8.62. The Bertz CT molecular complexity index is 573. The number of benzene rings is 1. The van der Waals surface area contributed by atoms with Crippen molar-refractivity contribution in [2.75, 3.05) is 0 Å². The average Bonchev–Trinajstić information content (AvgIpc) is 2.58.